The fourth-order valence-corrected chi connectivity index (χ4v) is 3.32. The van der Waals surface area contributed by atoms with E-state index in [0.29, 0.717) is 17.6 Å². The van der Waals surface area contributed by atoms with E-state index in [2.05, 4.69) is 13.8 Å². The van der Waals surface area contributed by atoms with E-state index < -0.39 is 0 Å². The van der Waals surface area contributed by atoms with Gasteiger partial charge in [0.15, 0.2) is 0 Å². The van der Waals surface area contributed by atoms with E-state index in [1.165, 1.54) is 0 Å². The number of aliphatic hydroxyl groups is 1. The van der Waals surface area contributed by atoms with Gasteiger partial charge in [0.25, 0.3) is 0 Å². The fraction of sp³-hybridized carbons (Fsp3) is 0.917. The zero-order valence-electron chi connectivity index (χ0n) is 9.12. The number of Topliss-reactive ketones (excluding diaryl/α,β-unsaturated/α-hetero) is 1. The van der Waals surface area contributed by atoms with Crippen LogP contribution in [-0.4, -0.2) is 17.0 Å². The third kappa shape index (κ3) is 1.40. The molecule has 0 aliphatic heterocycles. The van der Waals surface area contributed by atoms with Crippen molar-refractivity contribution in [1.29, 1.82) is 0 Å². The Bertz CT molecular complexity index is 249. The van der Waals surface area contributed by atoms with Crippen LogP contribution in [0.1, 0.15) is 46.0 Å². The zero-order chi connectivity index (χ0) is 10.3. The van der Waals surface area contributed by atoms with Gasteiger partial charge in [-0.25, -0.2) is 0 Å². The van der Waals surface area contributed by atoms with E-state index in [-0.39, 0.29) is 11.5 Å². The molecule has 0 amide bonds. The molecule has 80 valence electrons. The van der Waals surface area contributed by atoms with Crippen LogP contribution in [0, 0.1) is 17.3 Å². The van der Waals surface area contributed by atoms with Crippen LogP contribution in [0.5, 0.6) is 0 Å². The fourth-order valence-electron chi connectivity index (χ4n) is 3.32. The average molecular weight is 196 g/mol. The standard InChI is InChI=1S/C12H20O2/c1-8-11(14)4-3-9-7-10(13)5-6-12(8,9)2/h8-9,11,14H,3-7H2,1-2H3/t8-,9+,11-,12+/m0/s1. The Hall–Kier alpha value is -0.370. The summed E-state index contributed by atoms with van der Waals surface area (Å²) in [6.45, 7) is 4.41. The molecule has 4 atom stereocenters. The summed E-state index contributed by atoms with van der Waals surface area (Å²) in [6.07, 6.45) is 4.24. The number of hydrogen-bond donors (Lipinski definition) is 1. The van der Waals surface area contributed by atoms with E-state index in [0.717, 1.165) is 32.1 Å². The lowest BCUT2D eigenvalue weighted by molar-refractivity contribution is -0.132. The van der Waals surface area contributed by atoms with Crippen molar-refractivity contribution in [2.45, 2.75) is 52.1 Å². The molecule has 0 aromatic heterocycles. The van der Waals surface area contributed by atoms with Crippen molar-refractivity contribution in [3.63, 3.8) is 0 Å². The van der Waals surface area contributed by atoms with Gasteiger partial charge in [0, 0.05) is 12.8 Å². The number of hydrogen-bond acceptors (Lipinski definition) is 2. The second-order valence-electron chi connectivity index (χ2n) is 5.38. The predicted molar refractivity (Wildman–Crippen MR) is 54.9 cm³/mol. The highest BCUT2D eigenvalue weighted by Gasteiger charge is 2.48. The normalized spacial score (nSPS) is 48.8. The summed E-state index contributed by atoms with van der Waals surface area (Å²) in [5, 5.41) is 9.86. The molecule has 0 heterocycles. The van der Waals surface area contributed by atoms with Crippen molar-refractivity contribution < 1.29 is 9.90 Å². The summed E-state index contributed by atoms with van der Waals surface area (Å²) in [7, 11) is 0. The van der Waals surface area contributed by atoms with Crippen LogP contribution in [0.3, 0.4) is 0 Å². The van der Waals surface area contributed by atoms with Crippen molar-refractivity contribution >= 4 is 5.78 Å². The van der Waals surface area contributed by atoms with Gasteiger partial charge in [-0.1, -0.05) is 13.8 Å². The minimum atomic E-state index is -0.149. The molecule has 2 aliphatic carbocycles. The Kier molecular flexibility index (Phi) is 2.42. The summed E-state index contributed by atoms with van der Waals surface area (Å²) < 4.78 is 0. The van der Waals surface area contributed by atoms with E-state index in [4.69, 9.17) is 0 Å². The predicted octanol–water partition coefficient (Wildman–Crippen LogP) is 2.15. The molecule has 0 spiro atoms. The Morgan fingerprint density at radius 1 is 1.43 bits per heavy atom. The van der Waals surface area contributed by atoms with E-state index in [1.54, 1.807) is 0 Å². The molecule has 0 aromatic carbocycles. The second-order valence-corrected chi connectivity index (χ2v) is 5.38. The molecule has 0 saturated heterocycles. The van der Waals surface area contributed by atoms with Crippen LogP contribution in [0.4, 0.5) is 0 Å². The van der Waals surface area contributed by atoms with Gasteiger partial charge in [-0.3, -0.25) is 4.79 Å². The van der Waals surface area contributed by atoms with Gasteiger partial charge in [-0.2, -0.15) is 0 Å². The third-order valence-electron chi connectivity index (χ3n) is 4.78. The molecular formula is C12H20O2. The smallest absolute Gasteiger partial charge is 0.133 e. The number of rotatable bonds is 0. The van der Waals surface area contributed by atoms with Crippen molar-refractivity contribution in [1.82, 2.24) is 0 Å². The highest BCUT2D eigenvalue weighted by molar-refractivity contribution is 5.79. The topological polar surface area (TPSA) is 37.3 Å². The number of ketones is 1. The van der Waals surface area contributed by atoms with Gasteiger partial charge in [0.1, 0.15) is 5.78 Å². The van der Waals surface area contributed by atoms with Crippen LogP contribution in [0.15, 0.2) is 0 Å². The van der Waals surface area contributed by atoms with Crippen LogP contribution in [0.25, 0.3) is 0 Å². The minimum absolute atomic E-state index is 0.149. The first-order valence-electron chi connectivity index (χ1n) is 5.74. The van der Waals surface area contributed by atoms with E-state index in [9.17, 15) is 9.90 Å². The molecule has 2 fully saturated rings. The van der Waals surface area contributed by atoms with E-state index >= 15 is 0 Å². The first-order valence-corrected chi connectivity index (χ1v) is 5.74. The SMILES string of the molecule is C[C@H]1[C@@H](O)CC[C@@H]2CC(=O)CC[C@@]21C. The first-order chi connectivity index (χ1) is 6.54. The van der Waals surface area contributed by atoms with Crippen molar-refractivity contribution in [2.75, 3.05) is 0 Å². The third-order valence-corrected chi connectivity index (χ3v) is 4.78. The van der Waals surface area contributed by atoms with Crippen LogP contribution in [0.2, 0.25) is 0 Å². The molecule has 2 heteroatoms. The molecule has 0 radical (unpaired) electrons. The van der Waals surface area contributed by atoms with Gasteiger partial charge in [0.05, 0.1) is 6.10 Å². The first kappa shape index (κ1) is 10.2. The molecule has 2 rings (SSSR count). The molecule has 0 bridgehead atoms. The van der Waals surface area contributed by atoms with Gasteiger partial charge in [0.2, 0.25) is 0 Å². The molecule has 0 unspecified atom stereocenters. The molecule has 14 heavy (non-hydrogen) atoms. The van der Waals surface area contributed by atoms with Crippen LogP contribution >= 0.6 is 0 Å². The Morgan fingerprint density at radius 3 is 2.86 bits per heavy atom. The highest BCUT2D eigenvalue weighted by atomic mass is 16.3. The zero-order valence-corrected chi connectivity index (χ0v) is 9.12. The number of carbonyl (C=O) groups excluding carboxylic acids is 1. The monoisotopic (exact) mass is 196 g/mol. The van der Waals surface area contributed by atoms with Gasteiger partial charge in [-0.15, -0.1) is 0 Å². The van der Waals surface area contributed by atoms with Crippen LogP contribution < -0.4 is 0 Å². The maximum atomic E-state index is 11.4. The van der Waals surface area contributed by atoms with Crippen molar-refractivity contribution in [3.8, 4) is 0 Å². The minimum Gasteiger partial charge on any atom is -0.393 e. The largest absolute Gasteiger partial charge is 0.393 e. The second kappa shape index (κ2) is 3.34. The molecule has 1 N–H and O–H groups in total. The molecule has 0 aromatic rings. The Balaban J connectivity index is 2.20. The van der Waals surface area contributed by atoms with E-state index in [1.807, 2.05) is 0 Å². The lowest BCUT2D eigenvalue weighted by Crippen LogP contribution is -2.47. The number of aliphatic hydroxyl groups excluding tert-OH is 1. The molecule has 2 saturated carbocycles. The molecular weight excluding hydrogens is 176 g/mol. The Morgan fingerprint density at radius 2 is 2.14 bits per heavy atom. The highest BCUT2D eigenvalue weighted by Crippen LogP contribution is 2.52. The van der Waals surface area contributed by atoms with Gasteiger partial charge in [-0.05, 0) is 36.5 Å². The van der Waals surface area contributed by atoms with Gasteiger partial charge >= 0.3 is 0 Å². The lowest BCUT2D eigenvalue weighted by atomic mass is 9.55. The van der Waals surface area contributed by atoms with Crippen LogP contribution in [-0.2, 0) is 4.79 Å². The average Bonchev–Trinajstić information content (AvgIpc) is 2.16. The lowest BCUT2D eigenvalue weighted by Gasteiger charge is -2.50. The summed E-state index contributed by atoms with van der Waals surface area (Å²) in [6, 6.07) is 0. The van der Waals surface area contributed by atoms with Crippen molar-refractivity contribution in [3.05, 3.63) is 0 Å². The maximum absolute atomic E-state index is 11.4. The maximum Gasteiger partial charge on any atom is 0.133 e. The quantitative estimate of drug-likeness (QED) is 0.644. The summed E-state index contributed by atoms with van der Waals surface area (Å²) in [5.74, 6) is 1.31. The number of fused-ring (bicyclic) bond motifs is 1. The molecule has 2 aliphatic rings. The summed E-state index contributed by atoms with van der Waals surface area (Å²) >= 11 is 0. The summed E-state index contributed by atoms with van der Waals surface area (Å²) in [4.78, 5) is 11.4. The van der Waals surface area contributed by atoms with Crippen molar-refractivity contribution in [2.24, 2.45) is 17.3 Å². The Labute approximate surface area is 85.7 Å². The van der Waals surface area contributed by atoms with Gasteiger partial charge < -0.3 is 5.11 Å². The summed E-state index contributed by atoms with van der Waals surface area (Å²) in [5.41, 5.74) is 0.214. The molecule has 2 nitrogen and oxygen atoms in total. The number of carbonyl (C=O) groups is 1.